The molecule has 10 heteroatoms. The highest BCUT2D eigenvalue weighted by atomic mass is 32.2. The summed E-state index contributed by atoms with van der Waals surface area (Å²) in [5.74, 6) is -1.39. The van der Waals surface area contributed by atoms with Gasteiger partial charge in [-0.25, -0.2) is 13.2 Å². The van der Waals surface area contributed by atoms with Crippen molar-refractivity contribution in [2.75, 3.05) is 4.31 Å². The van der Waals surface area contributed by atoms with Crippen molar-refractivity contribution in [2.45, 2.75) is 18.4 Å². The van der Waals surface area contributed by atoms with Crippen molar-refractivity contribution in [3.05, 3.63) is 99.2 Å². The lowest BCUT2D eigenvalue weighted by atomic mass is 10.1. The van der Waals surface area contributed by atoms with Crippen LogP contribution in [0.5, 0.6) is 5.88 Å². The number of hydrogen-bond donors (Lipinski definition) is 3. The molecule has 0 aliphatic carbocycles. The molecule has 0 saturated heterocycles. The fourth-order valence-corrected chi connectivity index (χ4v) is 5.57. The Balaban J connectivity index is 1.75. The third-order valence-electron chi connectivity index (χ3n) is 5.16. The fourth-order valence-electron chi connectivity index (χ4n) is 3.39. The molecular weight excluding hydrogens is 476 g/mol. The number of aromatic nitrogens is 1. The largest absolute Gasteiger partial charge is 0.493 e. The second kappa shape index (κ2) is 9.16. The van der Waals surface area contributed by atoms with Crippen molar-refractivity contribution < 1.29 is 23.4 Å². The van der Waals surface area contributed by atoms with Crippen molar-refractivity contribution in [3.63, 3.8) is 0 Å². The Morgan fingerprint density at radius 1 is 1.03 bits per heavy atom. The van der Waals surface area contributed by atoms with E-state index in [1.54, 1.807) is 42.5 Å². The summed E-state index contributed by atoms with van der Waals surface area (Å²) >= 11 is 0.868. The second-order valence-electron chi connectivity index (χ2n) is 7.57. The number of aryl methyl sites for hydroxylation is 1. The second-order valence-corrected chi connectivity index (χ2v) is 10.4. The zero-order chi connectivity index (χ0) is 24.5. The van der Waals surface area contributed by atoms with Gasteiger partial charge in [0.25, 0.3) is 10.0 Å². The van der Waals surface area contributed by atoms with Crippen LogP contribution in [0.4, 0.5) is 5.69 Å². The number of aromatic hydroxyl groups is 1. The van der Waals surface area contributed by atoms with Gasteiger partial charge in [-0.05, 0) is 48.4 Å². The van der Waals surface area contributed by atoms with Crippen LogP contribution in [-0.2, 0) is 16.6 Å². The van der Waals surface area contributed by atoms with Crippen molar-refractivity contribution >= 4 is 33.0 Å². The molecule has 0 spiro atoms. The molecule has 0 bridgehead atoms. The van der Waals surface area contributed by atoms with Gasteiger partial charge in [-0.1, -0.05) is 59.4 Å². The maximum atomic E-state index is 13.6. The van der Waals surface area contributed by atoms with E-state index in [1.165, 1.54) is 30.3 Å². The van der Waals surface area contributed by atoms with Crippen LogP contribution in [0.15, 0.2) is 82.5 Å². The van der Waals surface area contributed by atoms with Crippen molar-refractivity contribution in [2.24, 2.45) is 0 Å². The van der Waals surface area contributed by atoms with Crippen LogP contribution in [0.2, 0.25) is 0 Å². The third-order valence-corrected chi connectivity index (χ3v) is 7.87. The lowest BCUT2D eigenvalue weighted by molar-refractivity contribution is 0.0697. The number of carbonyl (C=O) groups is 1. The van der Waals surface area contributed by atoms with Crippen molar-refractivity contribution in [1.82, 2.24) is 4.98 Å². The van der Waals surface area contributed by atoms with E-state index in [-0.39, 0.29) is 33.4 Å². The number of carboxylic acids is 1. The van der Waals surface area contributed by atoms with Crippen molar-refractivity contribution in [1.29, 1.82) is 0 Å². The summed E-state index contributed by atoms with van der Waals surface area (Å²) < 4.78 is 28.3. The Labute approximate surface area is 199 Å². The van der Waals surface area contributed by atoms with Crippen LogP contribution in [0.1, 0.15) is 21.5 Å². The van der Waals surface area contributed by atoms with E-state index >= 15 is 0 Å². The standard InChI is InChI=1S/C24H20N2O6S2/c1-15-5-11-20(12-6-15)34(31,32)26(19-4-2-3-18(13-19)23(28)29)14-16-7-9-17(10-8-16)21-22(27)25-24(30)33-21/h2-13,27H,14H2,1H3,(H,25,30)(H,28,29). The fraction of sp³-hybridized carbons (Fsp3) is 0.0833. The van der Waals surface area contributed by atoms with E-state index in [9.17, 15) is 28.2 Å². The zero-order valence-electron chi connectivity index (χ0n) is 17.9. The number of nitrogens with zero attached hydrogens (tertiary/aromatic N) is 1. The molecule has 0 aliphatic rings. The Morgan fingerprint density at radius 3 is 2.29 bits per heavy atom. The summed E-state index contributed by atoms with van der Waals surface area (Å²) in [7, 11) is -4.02. The molecule has 174 valence electrons. The van der Waals surface area contributed by atoms with E-state index in [2.05, 4.69) is 4.98 Å². The molecule has 4 rings (SSSR count). The predicted octanol–water partition coefficient (Wildman–Crippen LogP) is 4.21. The maximum Gasteiger partial charge on any atom is 0.335 e. The molecule has 0 aliphatic heterocycles. The Kier molecular flexibility index (Phi) is 6.27. The number of thiazole rings is 1. The molecule has 0 fully saturated rings. The predicted molar refractivity (Wildman–Crippen MR) is 130 cm³/mol. The van der Waals surface area contributed by atoms with Gasteiger partial charge in [-0.15, -0.1) is 0 Å². The average Bonchev–Trinajstić information content (AvgIpc) is 3.16. The maximum absolute atomic E-state index is 13.6. The van der Waals surface area contributed by atoms with Crippen LogP contribution in [0, 0.1) is 6.92 Å². The first kappa shape index (κ1) is 23.3. The average molecular weight is 497 g/mol. The first-order valence-corrected chi connectivity index (χ1v) is 12.3. The van der Waals surface area contributed by atoms with E-state index in [4.69, 9.17) is 0 Å². The zero-order valence-corrected chi connectivity index (χ0v) is 19.6. The molecule has 8 nitrogen and oxygen atoms in total. The Hall–Kier alpha value is -3.89. The van der Waals surface area contributed by atoms with Crippen LogP contribution < -0.4 is 9.18 Å². The van der Waals surface area contributed by atoms with Gasteiger partial charge in [0.05, 0.1) is 27.6 Å². The quantitative estimate of drug-likeness (QED) is 0.352. The highest BCUT2D eigenvalue weighted by Gasteiger charge is 2.26. The Morgan fingerprint density at radius 2 is 1.71 bits per heavy atom. The molecule has 0 atom stereocenters. The topological polar surface area (TPSA) is 128 Å². The number of sulfonamides is 1. The summed E-state index contributed by atoms with van der Waals surface area (Å²) in [4.78, 5) is 25.4. The molecule has 3 N–H and O–H groups in total. The molecule has 0 radical (unpaired) electrons. The molecular formula is C24H20N2O6S2. The molecule has 0 amide bonds. The first-order chi connectivity index (χ1) is 16.1. The minimum absolute atomic E-state index is 0.0326. The minimum Gasteiger partial charge on any atom is -0.493 e. The molecule has 1 aromatic heterocycles. The van der Waals surface area contributed by atoms with E-state index in [0.717, 1.165) is 21.2 Å². The van der Waals surface area contributed by atoms with Gasteiger partial charge in [0.1, 0.15) is 0 Å². The van der Waals surface area contributed by atoms with Gasteiger partial charge in [0, 0.05) is 0 Å². The van der Waals surface area contributed by atoms with Gasteiger partial charge >= 0.3 is 10.8 Å². The summed E-state index contributed by atoms with van der Waals surface area (Å²) in [5, 5.41) is 19.3. The highest BCUT2D eigenvalue weighted by molar-refractivity contribution is 7.92. The lowest BCUT2D eigenvalue weighted by Gasteiger charge is -2.25. The number of anilines is 1. The number of H-pyrrole nitrogens is 1. The van der Waals surface area contributed by atoms with E-state index in [1.807, 2.05) is 6.92 Å². The SMILES string of the molecule is Cc1ccc(S(=O)(=O)N(Cc2ccc(-c3sc(=O)[nH]c3O)cc2)c2cccc(C(=O)O)c2)cc1. The molecule has 3 aromatic carbocycles. The molecule has 4 aromatic rings. The first-order valence-electron chi connectivity index (χ1n) is 10.1. The molecule has 0 saturated carbocycles. The number of aromatic carboxylic acids is 1. The van der Waals surface area contributed by atoms with Gasteiger partial charge in [-0.3, -0.25) is 14.1 Å². The van der Waals surface area contributed by atoms with Crippen LogP contribution in [0.3, 0.4) is 0 Å². The molecule has 0 unspecified atom stereocenters. The Bertz CT molecular complexity index is 1500. The third kappa shape index (κ3) is 4.73. The lowest BCUT2D eigenvalue weighted by Crippen LogP contribution is -2.30. The number of hydrogen-bond acceptors (Lipinski definition) is 6. The van der Waals surface area contributed by atoms with E-state index < -0.39 is 16.0 Å². The number of nitrogens with one attached hydrogen (secondary N) is 1. The molecule has 34 heavy (non-hydrogen) atoms. The minimum atomic E-state index is -4.02. The number of carboxylic acid groups (broad SMARTS) is 1. The highest BCUT2D eigenvalue weighted by Crippen LogP contribution is 2.31. The number of rotatable bonds is 7. The van der Waals surface area contributed by atoms with Crippen LogP contribution in [0.25, 0.3) is 10.4 Å². The number of aromatic amines is 1. The van der Waals surface area contributed by atoms with Gasteiger partial charge < -0.3 is 10.2 Å². The van der Waals surface area contributed by atoms with Gasteiger partial charge in [-0.2, -0.15) is 0 Å². The summed E-state index contributed by atoms with van der Waals surface area (Å²) in [6.07, 6.45) is 0. The van der Waals surface area contributed by atoms with Crippen molar-refractivity contribution in [3.8, 4) is 16.3 Å². The van der Waals surface area contributed by atoms with Crippen LogP contribution >= 0.6 is 11.3 Å². The smallest absolute Gasteiger partial charge is 0.335 e. The monoisotopic (exact) mass is 496 g/mol. The van der Waals surface area contributed by atoms with Gasteiger partial charge in [0.15, 0.2) is 0 Å². The summed E-state index contributed by atoms with van der Waals surface area (Å²) in [5.41, 5.74) is 2.32. The van der Waals surface area contributed by atoms with Crippen LogP contribution in [-0.4, -0.2) is 29.6 Å². The van der Waals surface area contributed by atoms with E-state index in [0.29, 0.717) is 16.0 Å². The van der Waals surface area contributed by atoms with Gasteiger partial charge in [0.2, 0.25) is 5.88 Å². The number of benzene rings is 3. The summed E-state index contributed by atoms with van der Waals surface area (Å²) in [6, 6.07) is 18.9. The summed E-state index contributed by atoms with van der Waals surface area (Å²) in [6.45, 7) is 1.79. The normalized spacial score (nSPS) is 11.3. The molecule has 1 heterocycles.